The Labute approximate surface area is 126 Å². The van der Waals surface area contributed by atoms with Gasteiger partial charge in [-0.3, -0.25) is 0 Å². The summed E-state index contributed by atoms with van der Waals surface area (Å²) in [5, 5.41) is 0. The quantitative estimate of drug-likeness (QED) is 0.800. The van der Waals surface area contributed by atoms with Crippen LogP contribution in [0.2, 0.25) is 0 Å². The lowest BCUT2D eigenvalue weighted by Gasteiger charge is -2.15. The standard InChI is InChI=1S/C14H23N3O3S/c1-3-20-14-5-4-13(8-11(14)9-15)21(18,19)16-12-6-7-17(2)10-12/h4-5,8,12,16H,3,6-7,9-10,15H2,1-2H3. The van der Waals surface area contributed by atoms with E-state index in [-0.39, 0.29) is 17.5 Å². The summed E-state index contributed by atoms with van der Waals surface area (Å²) in [6.45, 7) is 4.28. The molecule has 1 heterocycles. The second-order valence-electron chi connectivity index (χ2n) is 5.28. The van der Waals surface area contributed by atoms with Crippen LogP contribution >= 0.6 is 0 Å². The number of likely N-dealkylation sites (N-methyl/N-ethyl adjacent to an activating group) is 1. The molecule has 118 valence electrons. The summed E-state index contributed by atoms with van der Waals surface area (Å²) in [5.74, 6) is 0.638. The Kier molecular flexibility index (Phi) is 5.21. The molecule has 1 aromatic rings. The first-order chi connectivity index (χ1) is 9.96. The fourth-order valence-electron chi connectivity index (χ4n) is 2.50. The number of likely N-dealkylation sites (tertiary alicyclic amines) is 1. The van der Waals surface area contributed by atoms with Crippen molar-refractivity contribution in [2.75, 3.05) is 26.7 Å². The largest absolute Gasteiger partial charge is 0.494 e. The first-order valence-corrected chi connectivity index (χ1v) is 8.61. The van der Waals surface area contributed by atoms with Crippen LogP contribution in [0.4, 0.5) is 0 Å². The van der Waals surface area contributed by atoms with Gasteiger partial charge in [0.15, 0.2) is 0 Å². The van der Waals surface area contributed by atoms with E-state index >= 15 is 0 Å². The second-order valence-corrected chi connectivity index (χ2v) is 6.99. The molecular weight excluding hydrogens is 290 g/mol. The molecule has 6 nitrogen and oxygen atoms in total. The van der Waals surface area contributed by atoms with Gasteiger partial charge in [0, 0.05) is 24.7 Å². The molecule has 0 saturated carbocycles. The Morgan fingerprint density at radius 2 is 2.24 bits per heavy atom. The number of ether oxygens (including phenoxy) is 1. The summed E-state index contributed by atoms with van der Waals surface area (Å²) in [5.41, 5.74) is 6.37. The van der Waals surface area contributed by atoms with Crippen LogP contribution in [0.15, 0.2) is 23.1 Å². The van der Waals surface area contributed by atoms with Gasteiger partial charge in [0.1, 0.15) is 5.75 Å². The lowest BCUT2D eigenvalue weighted by Crippen LogP contribution is -2.36. The van der Waals surface area contributed by atoms with Gasteiger partial charge in [-0.05, 0) is 45.1 Å². The summed E-state index contributed by atoms with van der Waals surface area (Å²) in [4.78, 5) is 2.34. The van der Waals surface area contributed by atoms with Crippen molar-refractivity contribution in [1.82, 2.24) is 9.62 Å². The van der Waals surface area contributed by atoms with Crippen molar-refractivity contribution in [2.24, 2.45) is 5.73 Å². The van der Waals surface area contributed by atoms with Crippen molar-refractivity contribution in [2.45, 2.75) is 30.8 Å². The molecule has 1 aliphatic rings. The van der Waals surface area contributed by atoms with Crippen molar-refractivity contribution < 1.29 is 13.2 Å². The van der Waals surface area contributed by atoms with Crippen LogP contribution in [0.3, 0.4) is 0 Å². The van der Waals surface area contributed by atoms with Gasteiger partial charge in [-0.2, -0.15) is 0 Å². The van der Waals surface area contributed by atoms with Crippen molar-refractivity contribution in [3.05, 3.63) is 23.8 Å². The number of nitrogens with zero attached hydrogens (tertiary/aromatic N) is 1. The zero-order valence-corrected chi connectivity index (χ0v) is 13.3. The van der Waals surface area contributed by atoms with E-state index in [1.54, 1.807) is 18.2 Å². The van der Waals surface area contributed by atoms with E-state index in [2.05, 4.69) is 9.62 Å². The zero-order valence-electron chi connectivity index (χ0n) is 12.5. The fraction of sp³-hybridized carbons (Fsp3) is 0.571. The summed E-state index contributed by atoms with van der Waals surface area (Å²) in [6, 6.07) is 4.78. The molecule has 1 fully saturated rings. The molecule has 21 heavy (non-hydrogen) atoms. The molecule has 0 aromatic heterocycles. The minimum absolute atomic E-state index is 0.0344. The lowest BCUT2D eigenvalue weighted by molar-refractivity contribution is 0.336. The van der Waals surface area contributed by atoms with Gasteiger partial charge in [-0.1, -0.05) is 0 Å². The molecule has 0 bridgehead atoms. The molecule has 1 atom stereocenters. The van der Waals surface area contributed by atoms with E-state index in [1.807, 2.05) is 14.0 Å². The number of hydrogen-bond acceptors (Lipinski definition) is 5. The van der Waals surface area contributed by atoms with Crippen LogP contribution < -0.4 is 15.2 Å². The highest BCUT2D eigenvalue weighted by molar-refractivity contribution is 7.89. The average molecular weight is 313 g/mol. The molecule has 0 aliphatic carbocycles. The first kappa shape index (κ1) is 16.2. The Morgan fingerprint density at radius 1 is 1.48 bits per heavy atom. The maximum atomic E-state index is 12.4. The molecule has 1 unspecified atom stereocenters. The third kappa shape index (κ3) is 3.94. The van der Waals surface area contributed by atoms with E-state index in [1.165, 1.54) is 0 Å². The number of nitrogens with two attached hydrogens (primary N) is 1. The Balaban J connectivity index is 2.19. The number of benzene rings is 1. The molecule has 0 radical (unpaired) electrons. The highest BCUT2D eigenvalue weighted by Crippen LogP contribution is 2.23. The van der Waals surface area contributed by atoms with Gasteiger partial charge in [0.05, 0.1) is 11.5 Å². The van der Waals surface area contributed by atoms with E-state index < -0.39 is 10.0 Å². The Morgan fingerprint density at radius 3 is 2.81 bits per heavy atom. The van der Waals surface area contributed by atoms with Crippen LogP contribution in [0.25, 0.3) is 0 Å². The molecule has 0 amide bonds. The molecular formula is C14H23N3O3S. The fourth-order valence-corrected chi connectivity index (χ4v) is 3.81. The lowest BCUT2D eigenvalue weighted by atomic mass is 10.2. The minimum Gasteiger partial charge on any atom is -0.494 e. The summed E-state index contributed by atoms with van der Waals surface area (Å²) >= 11 is 0. The third-order valence-electron chi connectivity index (χ3n) is 3.58. The maximum Gasteiger partial charge on any atom is 0.240 e. The molecule has 0 spiro atoms. The van der Waals surface area contributed by atoms with Crippen molar-refractivity contribution in [1.29, 1.82) is 0 Å². The predicted molar refractivity (Wildman–Crippen MR) is 81.7 cm³/mol. The number of rotatable bonds is 6. The van der Waals surface area contributed by atoms with Crippen LogP contribution in [0.1, 0.15) is 18.9 Å². The number of nitrogens with one attached hydrogen (secondary N) is 1. The smallest absolute Gasteiger partial charge is 0.240 e. The van der Waals surface area contributed by atoms with E-state index in [9.17, 15) is 8.42 Å². The summed E-state index contributed by atoms with van der Waals surface area (Å²) < 4.78 is 33.0. The van der Waals surface area contributed by atoms with Gasteiger partial charge in [-0.15, -0.1) is 0 Å². The van der Waals surface area contributed by atoms with E-state index in [4.69, 9.17) is 10.5 Å². The highest BCUT2D eigenvalue weighted by atomic mass is 32.2. The molecule has 2 rings (SSSR count). The van der Waals surface area contributed by atoms with E-state index in [0.717, 1.165) is 19.5 Å². The van der Waals surface area contributed by atoms with Crippen LogP contribution in [0, 0.1) is 0 Å². The Bertz CT molecular complexity index is 589. The zero-order chi connectivity index (χ0) is 15.5. The van der Waals surface area contributed by atoms with Crippen molar-refractivity contribution in [3.8, 4) is 5.75 Å². The predicted octanol–water partition coefficient (Wildman–Crippen LogP) is 0.526. The van der Waals surface area contributed by atoms with Gasteiger partial charge in [-0.25, -0.2) is 13.1 Å². The van der Waals surface area contributed by atoms with Crippen LogP contribution in [0.5, 0.6) is 5.75 Å². The topological polar surface area (TPSA) is 84.7 Å². The Hall–Kier alpha value is -1.15. The van der Waals surface area contributed by atoms with Crippen LogP contribution in [-0.4, -0.2) is 46.1 Å². The summed E-state index contributed by atoms with van der Waals surface area (Å²) in [7, 11) is -1.54. The molecule has 1 aliphatic heterocycles. The van der Waals surface area contributed by atoms with Crippen LogP contribution in [-0.2, 0) is 16.6 Å². The van der Waals surface area contributed by atoms with Gasteiger partial charge in [0.25, 0.3) is 0 Å². The SMILES string of the molecule is CCOc1ccc(S(=O)(=O)NC2CCN(C)C2)cc1CN. The molecule has 1 saturated heterocycles. The number of sulfonamides is 1. The van der Waals surface area contributed by atoms with Gasteiger partial charge in [0.2, 0.25) is 10.0 Å². The van der Waals surface area contributed by atoms with Gasteiger partial charge < -0.3 is 15.4 Å². The molecule has 7 heteroatoms. The normalized spacial score (nSPS) is 19.9. The minimum atomic E-state index is -3.52. The van der Waals surface area contributed by atoms with Crippen molar-refractivity contribution in [3.63, 3.8) is 0 Å². The number of hydrogen-bond donors (Lipinski definition) is 2. The molecule has 3 N–H and O–H groups in total. The highest BCUT2D eigenvalue weighted by Gasteiger charge is 2.25. The maximum absolute atomic E-state index is 12.4. The summed E-state index contributed by atoms with van der Waals surface area (Å²) in [6.07, 6.45) is 0.830. The molecule has 1 aromatic carbocycles. The third-order valence-corrected chi connectivity index (χ3v) is 5.09. The van der Waals surface area contributed by atoms with Crippen molar-refractivity contribution >= 4 is 10.0 Å². The first-order valence-electron chi connectivity index (χ1n) is 7.13. The average Bonchev–Trinajstić information content (AvgIpc) is 2.84. The monoisotopic (exact) mass is 313 g/mol. The van der Waals surface area contributed by atoms with Gasteiger partial charge >= 0.3 is 0 Å². The second kappa shape index (κ2) is 6.74. The van der Waals surface area contributed by atoms with E-state index in [0.29, 0.717) is 17.9 Å².